The van der Waals surface area contributed by atoms with E-state index in [2.05, 4.69) is 42.7 Å². The van der Waals surface area contributed by atoms with Crippen LogP contribution in [0, 0.1) is 0 Å². The van der Waals surface area contributed by atoms with Crippen LogP contribution in [0.2, 0.25) is 0 Å². The van der Waals surface area contributed by atoms with Gasteiger partial charge in [-0.2, -0.15) is 0 Å². The lowest BCUT2D eigenvalue weighted by molar-refractivity contribution is -0.142. The predicted molar refractivity (Wildman–Crippen MR) is 118 cm³/mol. The van der Waals surface area contributed by atoms with Gasteiger partial charge < -0.3 is 14.9 Å². The van der Waals surface area contributed by atoms with Crippen LogP contribution >= 0.6 is 0 Å². The van der Waals surface area contributed by atoms with Gasteiger partial charge in [-0.1, -0.05) is 30.3 Å². The molecule has 5 heteroatoms. The Balaban J connectivity index is 1.64. The number of phenolic OH excluding ortho intramolecular Hbond substituents is 1. The Morgan fingerprint density at radius 1 is 1.00 bits per heavy atom. The van der Waals surface area contributed by atoms with Crippen LogP contribution in [0.1, 0.15) is 33.3 Å². The number of phenols is 1. The van der Waals surface area contributed by atoms with E-state index in [1.54, 1.807) is 12.1 Å². The number of rotatable bonds is 5. The topological polar surface area (TPSA) is 47.0 Å². The number of benzene rings is 2. The van der Waals surface area contributed by atoms with Gasteiger partial charge in [0, 0.05) is 44.0 Å². The summed E-state index contributed by atoms with van der Waals surface area (Å²) in [5.74, 6) is 0.465. The van der Waals surface area contributed by atoms with Crippen LogP contribution in [0.15, 0.2) is 54.6 Å². The van der Waals surface area contributed by atoms with Crippen LogP contribution in [-0.2, 0) is 11.3 Å². The highest BCUT2D eigenvalue weighted by Crippen LogP contribution is 2.23. The number of amides is 1. The van der Waals surface area contributed by atoms with E-state index in [0.29, 0.717) is 6.54 Å². The van der Waals surface area contributed by atoms with E-state index in [-0.39, 0.29) is 23.2 Å². The molecule has 1 atom stereocenters. The van der Waals surface area contributed by atoms with Gasteiger partial charge in [-0.3, -0.25) is 9.69 Å². The van der Waals surface area contributed by atoms with Gasteiger partial charge in [-0.15, -0.1) is 0 Å². The number of hydrogen-bond donors (Lipinski definition) is 1. The molecule has 1 N–H and O–H groups in total. The summed E-state index contributed by atoms with van der Waals surface area (Å²) < 4.78 is 0. The van der Waals surface area contributed by atoms with E-state index in [1.807, 2.05) is 42.2 Å². The van der Waals surface area contributed by atoms with Crippen LogP contribution < -0.4 is 4.90 Å². The fraction of sp³-hybridized carbons (Fsp3) is 0.458. The molecular weight excluding hydrogens is 362 g/mol. The molecular formula is C24H33N3O2. The maximum Gasteiger partial charge on any atom is 0.240 e. The first-order valence-corrected chi connectivity index (χ1v) is 10.4. The second-order valence-electron chi connectivity index (χ2n) is 8.80. The van der Waals surface area contributed by atoms with Crippen LogP contribution in [0.25, 0.3) is 0 Å². The highest BCUT2D eigenvalue weighted by atomic mass is 16.3. The third-order valence-corrected chi connectivity index (χ3v) is 5.69. The first kappa shape index (κ1) is 21.2. The molecule has 2 aromatic carbocycles. The Morgan fingerprint density at radius 2 is 1.59 bits per heavy atom. The Labute approximate surface area is 174 Å². The van der Waals surface area contributed by atoms with E-state index < -0.39 is 0 Å². The molecule has 0 bridgehead atoms. The Bertz CT molecular complexity index is 791. The largest absolute Gasteiger partial charge is 0.508 e. The number of carbonyl (C=O) groups is 1. The van der Waals surface area contributed by atoms with Crippen LogP contribution in [0.3, 0.4) is 0 Å². The second-order valence-corrected chi connectivity index (χ2v) is 8.80. The summed E-state index contributed by atoms with van der Waals surface area (Å²) in [4.78, 5) is 20.0. The molecule has 1 aliphatic rings. The minimum absolute atomic E-state index is 0.153. The zero-order valence-corrected chi connectivity index (χ0v) is 18.0. The van der Waals surface area contributed by atoms with Gasteiger partial charge in [0.1, 0.15) is 5.75 Å². The Hall–Kier alpha value is -2.53. The quantitative estimate of drug-likeness (QED) is 0.838. The molecule has 1 amide bonds. The molecule has 3 rings (SSSR count). The smallest absolute Gasteiger partial charge is 0.240 e. The molecule has 0 unspecified atom stereocenters. The van der Waals surface area contributed by atoms with Gasteiger partial charge in [-0.25, -0.2) is 0 Å². The van der Waals surface area contributed by atoms with E-state index in [0.717, 1.165) is 37.4 Å². The Kier molecular flexibility index (Phi) is 6.48. The summed E-state index contributed by atoms with van der Waals surface area (Å²) in [5, 5.41) is 9.49. The predicted octanol–water partition coefficient (Wildman–Crippen LogP) is 3.73. The lowest BCUT2D eigenvalue weighted by atomic mass is 10.0. The third kappa shape index (κ3) is 5.30. The van der Waals surface area contributed by atoms with Crippen LogP contribution in [-0.4, -0.2) is 58.6 Å². The summed E-state index contributed by atoms with van der Waals surface area (Å²) in [6, 6.07) is 17.4. The average Bonchev–Trinajstić information content (AvgIpc) is 2.72. The van der Waals surface area contributed by atoms with Gasteiger partial charge >= 0.3 is 0 Å². The van der Waals surface area contributed by atoms with Crippen molar-refractivity contribution < 1.29 is 9.90 Å². The van der Waals surface area contributed by atoms with E-state index in [1.165, 1.54) is 0 Å². The lowest BCUT2D eigenvalue weighted by Crippen LogP contribution is -2.57. The number of carbonyl (C=O) groups excluding carboxylic acids is 1. The summed E-state index contributed by atoms with van der Waals surface area (Å²) >= 11 is 0. The second kappa shape index (κ2) is 8.87. The fourth-order valence-corrected chi connectivity index (χ4v) is 3.82. The molecule has 0 saturated carbocycles. The monoisotopic (exact) mass is 395 g/mol. The van der Waals surface area contributed by atoms with Gasteiger partial charge in [0.2, 0.25) is 5.91 Å². The summed E-state index contributed by atoms with van der Waals surface area (Å²) in [6.07, 6.45) is 0. The highest BCUT2D eigenvalue weighted by molar-refractivity contribution is 5.82. The number of piperazine rings is 1. The lowest BCUT2D eigenvalue weighted by Gasteiger charge is -2.43. The van der Waals surface area contributed by atoms with Crippen LogP contribution in [0.5, 0.6) is 5.75 Å². The molecule has 0 aromatic heterocycles. The van der Waals surface area contributed by atoms with Crippen molar-refractivity contribution >= 4 is 11.6 Å². The summed E-state index contributed by atoms with van der Waals surface area (Å²) in [7, 11) is 0. The number of anilines is 1. The van der Waals surface area contributed by atoms with Crippen molar-refractivity contribution in [3.8, 4) is 5.75 Å². The van der Waals surface area contributed by atoms with Crippen molar-refractivity contribution in [1.29, 1.82) is 0 Å². The van der Waals surface area contributed by atoms with Crippen LogP contribution in [0.4, 0.5) is 5.69 Å². The molecule has 5 nitrogen and oxygen atoms in total. The maximum atomic E-state index is 13.4. The Morgan fingerprint density at radius 3 is 2.14 bits per heavy atom. The van der Waals surface area contributed by atoms with E-state index in [4.69, 9.17) is 0 Å². The average molecular weight is 396 g/mol. The SMILES string of the molecule is C[C@@H](C(=O)N(Cc1ccccc1)C(C)(C)C)N1CCN(c2ccc(O)cc2)CC1. The summed E-state index contributed by atoms with van der Waals surface area (Å²) in [6.45, 7) is 12.4. The van der Waals surface area contributed by atoms with Crippen molar-refractivity contribution in [2.24, 2.45) is 0 Å². The standard InChI is InChI=1S/C24H33N3O2/c1-19(23(29)27(24(2,3)4)18-20-8-6-5-7-9-20)25-14-16-26(17-15-25)21-10-12-22(28)13-11-21/h5-13,19,28H,14-18H2,1-4H3/t19-/m0/s1. The fourth-order valence-electron chi connectivity index (χ4n) is 3.82. The first-order chi connectivity index (χ1) is 13.8. The van der Waals surface area contributed by atoms with Gasteiger partial charge in [-0.05, 0) is 57.5 Å². The molecule has 1 heterocycles. The normalized spacial score (nSPS) is 16.5. The van der Waals surface area contributed by atoms with E-state index >= 15 is 0 Å². The minimum Gasteiger partial charge on any atom is -0.508 e. The highest BCUT2D eigenvalue weighted by Gasteiger charge is 2.33. The zero-order chi connectivity index (χ0) is 21.0. The zero-order valence-electron chi connectivity index (χ0n) is 18.0. The summed E-state index contributed by atoms with van der Waals surface area (Å²) in [5.41, 5.74) is 2.02. The van der Waals surface area contributed by atoms with E-state index in [9.17, 15) is 9.90 Å². The number of aromatic hydroxyl groups is 1. The van der Waals surface area contributed by atoms with Crippen molar-refractivity contribution in [2.45, 2.75) is 45.8 Å². The van der Waals surface area contributed by atoms with Gasteiger partial charge in [0.05, 0.1) is 6.04 Å². The van der Waals surface area contributed by atoms with Crippen molar-refractivity contribution in [1.82, 2.24) is 9.80 Å². The van der Waals surface area contributed by atoms with Crippen molar-refractivity contribution in [2.75, 3.05) is 31.1 Å². The number of hydrogen-bond acceptors (Lipinski definition) is 4. The van der Waals surface area contributed by atoms with Gasteiger partial charge in [0.15, 0.2) is 0 Å². The molecule has 29 heavy (non-hydrogen) atoms. The molecule has 0 spiro atoms. The molecule has 156 valence electrons. The first-order valence-electron chi connectivity index (χ1n) is 10.4. The van der Waals surface area contributed by atoms with Gasteiger partial charge in [0.25, 0.3) is 0 Å². The molecule has 2 aromatic rings. The maximum absolute atomic E-state index is 13.4. The minimum atomic E-state index is -0.241. The van der Waals surface area contributed by atoms with Crippen molar-refractivity contribution in [3.63, 3.8) is 0 Å². The number of nitrogens with zero attached hydrogens (tertiary/aromatic N) is 3. The molecule has 0 radical (unpaired) electrons. The molecule has 1 saturated heterocycles. The molecule has 0 aliphatic carbocycles. The molecule has 1 fully saturated rings. The van der Waals surface area contributed by atoms with Crippen molar-refractivity contribution in [3.05, 3.63) is 60.2 Å². The third-order valence-electron chi connectivity index (χ3n) is 5.69. The molecule has 1 aliphatic heterocycles.